The first-order valence-corrected chi connectivity index (χ1v) is 23.6. The Morgan fingerprint density at radius 2 is 1.62 bits per heavy atom. The highest BCUT2D eigenvalue weighted by atomic mass is 16.6. The molecule has 0 bridgehead atoms. The van der Waals surface area contributed by atoms with Crippen molar-refractivity contribution < 1.29 is 38.6 Å². The summed E-state index contributed by atoms with van der Waals surface area (Å²) in [6, 6.07) is 0.0462. The number of unbranched alkanes of at least 4 members (excludes halogenated alkanes) is 12. The monoisotopic (exact) mass is 818 g/mol. The van der Waals surface area contributed by atoms with Gasteiger partial charge < -0.3 is 40.8 Å². The fraction of sp³-hybridized carbons (Fsp3) is 0.889. The van der Waals surface area contributed by atoms with Crippen molar-refractivity contribution in [1.29, 1.82) is 0 Å². The maximum atomic E-state index is 14.1. The molecule has 0 radical (unpaired) electrons. The maximum absolute atomic E-state index is 14.1. The second kappa shape index (κ2) is 23.1. The van der Waals surface area contributed by atoms with Crippen LogP contribution in [0.4, 0.5) is 0 Å². The van der Waals surface area contributed by atoms with E-state index in [2.05, 4.69) is 36.6 Å². The van der Waals surface area contributed by atoms with Crippen LogP contribution in [0.5, 0.6) is 0 Å². The number of esters is 1. The third-order valence-electron chi connectivity index (χ3n) is 13.4. The molecule has 1 unspecified atom stereocenters. The smallest absolute Gasteiger partial charge is 0.353 e. The molecule has 0 aromatic rings. The minimum atomic E-state index is -1.40. The average Bonchev–Trinajstić information content (AvgIpc) is 3.40. The molecule has 332 valence electrons. The van der Waals surface area contributed by atoms with E-state index in [-0.39, 0.29) is 30.1 Å². The Balaban J connectivity index is 0.963. The van der Waals surface area contributed by atoms with Crippen LogP contribution in [0.1, 0.15) is 174 Å². The summed E-state index contributed by atoms with van der Waals surface area (Å²) in [5.41, 5.74) is 8.22. The number of hydrogen-bond donors (Lipinski definition) is 6. The second-order valence-corrected chi connectivity index (χ2v) is 18.1. The highest BCUT2D eigenvalue weighted by molar-refractivity contribution is 5.82. The molecule has 0 aromatic carbocycles. The van der Waals surface area contributed by atoms with Crippen LogP contribution in [-0.2, 0) is 23.8 Å². The van der Waals surface area contributed by atoms with E-state index in [9.17, 15) is 19.8 Å². The fourth-order valence-electron chi connectivity index (χ4n) is 10.3. The van der Waals surface area contributed by atoms with Crippen LogP contribution >= 0.6 is 0 Å². The molecule has 0 saturated carbocycles. The van der Waals surface area contributed by atoms with Crippen LogP contribution in [0.3, 0.4) is 0 Å². The second-order valence-electron chi connectivity index (χ2n) is 18.1. The summed E-state index contributed by atoms with van der Waals surface area (Å²) in [7, 11) is 0. The molecule has 5 heterocycles. The van der Waals surface area contributed by atoms with Gasteiger partial charge in [0.2, 0.25) is 17.4 Å². The number of nitrogens with one attached hydrogen (secondary N) is 2. The molecule has 1 amide bonds. The summed E-state index contributed by atoms with van der Waals surface area (Å²) < 4.78 is 21.5. The molecule has 2 saturated heterocycles. The zero-order valence-electron chi connectivity index (χ0n) is 36.2. The minimum absolute atomic E-state index is 0.0389. The van der Waals surface area contributed by atoms with Crippen molar-refractivity contribution in [3.05, 3.63) is 12.2 Å². The number of carbonyl (C=O) groups is 2. The van der Waals surface area contributed by atoms with Gasteiger partial charge in [-0.25, -0.2) is 15.2 Å². The molecule has 5 rings (SSSR count). The summed E-state index contributed by atoms with van der Waals surface area (Å²) in [5, 5.41) is 30.1. The van der Waals surface area contributed by atoms with Crippen LogP contribution in [0.2, 0.25) is 0 Å². The number of ether oxygens (including phenoxy) is 3. The lowest BCUT2D eigenvalue weighted by Gasteiger charge is -2.52. The Morgan fingerprint density at radius 1 is 0.931 bits per heavy atom. The Kier molecular flexibility index (Phi) is 18.6. The number of guanidine groups is 1. The van der Waals surface area contributed by atoms with E-state index in [0.29, 0.717) is 58.5 Å². The number of aliphatic hydroxyl groups excluding tert-OH is 1. The summed E-state index contributed by atoms with van der Waals surface area (Å²) in [4.78, 5) is 28.6. The van der Waals surface area contributed by atoms with Crippen molar-refractivity contribution in [3.63, 3.8) is 0 Å². The Morgan fingerprint density at radius 3 is 2.28 bits per heavy atom. The SMILES string of the molecule is CC[C@H]1C=CCC[C@@]2(C[C@@H]3CC[C@]4(O)[C@@H](C(=O)OCCCCCCCCCCCCCCCC(=O)N(CCCN)CC(O)CCN)[C@@]5(CCC[C@@H](C)O5)NC(=[N+]34)N2)O1. The van der Waals surface area contributed by atoms with E-state index in [0.717, 1.165) is 95.9 Å². The molecule has 2 fully saturated rings. The molecular formula is C45H81N6O7+. The van der Waals surface area contributed by atoms with E-state index in [1.54, 1.807) is 4.90 Å². The van der Waals surface area contributed by atoms with E-state index < -0.39 is 29.2 Å². The summed E-state index contributed by atoms with van der Waals surface area (Å²) in [6.45, 7) is 6.46. The molecule has 13 nitrogen and oxygen atoms in total. The summed E-state index contributed by atoms with van der Waals surface area (Å²) in [5.74, 6) is -0.378. The van der Waals surface area contributed by atoms with Gasteiger partial charge in [-0.05, 0) is 77.8 Å². The number of carbonyl (C=O) groups excluding carboxylic acids is 2. The van der Waals surface area contributed by atoms with Crippen molar-refractivity contribution in [3.8, 4) is 0 Å². The maximum Gasteiger partial charge on any atom is 0.353 e. The summed E-state index contributed by atoms with van der Waals surface area (Å²) >= 11 is 0. The van der Waals surface area contributed by atoms with Gasteiger partial charge in [0.05, 0.1) is 31.0 Å². The number of hydrogen-bond acceptors (Lipinski definition) is 11. The predicted molar refractivity (Wildman–Crippen MR) is 227 cm³/mol. The van der Waals surface area contributed by atoms with Gasteiger partial charge in [-0.15, -0.1) is 0 Å². The molecule has 58 heavy (non-hydrogen) atoms. The first-order chi connectivity index (χ1) is 28.1. The molecule has 5 aliphatic heterocycles. The molecule has 0 aromatic heterocycles. The predicted octanol–water partition coefficient (Wildman–Crippen LogP) is 5.44. The number of amides is 1. The highest BCUT2D eigenvalue weighted by Crippen LogP contribution is 2.50. The van der Waals surface area contributed by atoms with Crippen molar-refractivity contribution in [2.24, 2.45) is 17.4 Å². The Bertz CT molecular complexity index is 1350. The van der Waals surface area contributed by atoms with E-state index in [1.165, 1.54) is 44.9 Å². The molecule has 13 heteroatoms. The Hall–Kier alpha value is -2.29. The number of rotatable bonds is 25. The molecule has 0 aliphatic carbocycles. The van der Waals surface area contributed by atoms with Gasteiger partial charge in [0, 0.05) is 45.2 Å². The topological polar surface area (TPSA) is 185 Å². The highest BCUT2D eigenvalue weighted by Gasteiger charge is 2.71. The first-order valence-electron chi connectivity index (χ1n) is 23.6. The van der Waals surface area contributed by atoms with Crippen LogP contribution in [0, 0.1) is 5.92 Å². The lowest BCUT2D eigenvalue weighted by molar-refractivity contribution is -0.690. The van der Waals surface area contributed by atoms with Gasteiger partial charge in [0.15, 0.2) is 11.6 Å². The standard InChI is InChI=1S/C45H80N6O7/c1-3-38-22-16-17-26-43(58-38)33-36-24-28-45(55)40(44(27-19-21-35(2)57-44)49-42(48-43)51(36)45)41(54)56-32-18-14-12-10-8-6-4-5-7-9-11-13-15-23-39(53)50(31-20-29-46)34-37(52)25-30-47/h16,22,35-38,40,52,55H,3-15,17-21,23-34,46-47H2,1-2H3,(H,48,49)/p+1/t35-,36+,37?,38+,40+,43+,44+,45+/m1/s1. The number of nitrogens with two attached hydrogens (primary N) is 2. The Labute approximate surface area is 349 Å². The van der Waals surface area contributed by atoms with Crippen LogP contribution in [0.15, 0.2) is 12.2 Å². The molecule has 8 N–H and O–H groups in total. The number of aliphatic hydroxyl groups is 2. The van der Waals surface area contributed by atoms with Crippen LogP contribution < -0.4 is 22.1 Å². The van der Waals surface area contributed by atoms with Crippen molar-refractivity contribution in [2.45, 2.75) is 216 Å². The first kappa shape index (κ1) is 46.8. The zero-order valence-corrected chi connectivity index (χ0v) is 36.2. The lowest BCUT2D eigenvalue weighted by atomic mass is 9.78. The average molecular weight is 818 g/mol. The van der Waals surface area contributed by atoms with Crippen molar-refractivity contribution >= 4 is 17.8 Å². The normalized spacial score (nSPS) is 30.8. The van der Waals surface area contributed by atoms with Gasteiger partial charge in [0.25, 0.3) is 0 Å². The minimum Gasteiger partial charge on any atom is -0.465 e. The van der Waals surface area contributed by atoms with E-state index >= 15 is 0 Å². The van der Waals surface area contributed by atoms with Crippen LogP contribution in [-0.4, -0.2) is 112 Å². The molecule has 2 spiro atoms. The van der Waals surface area contributed by atoms with Gasteiger partial charge in [-0.2, -0.15) is 0 Å². The van der Waals surface area contributed by atoms with Gasteiger partial charge in [-0.3, -0.25) is 9.59 Å². The fourth-order valence-corrected chi connectivity index (χ4v) is 10.3. The molecular weight excluding hydrogens is 737 g/mol. The lowest BCUT2D eigenvalue weighted by Crippen LogP contribution is -2.79. The number of nitrogens with zero attached hydrogens (tertiary/aromatic N) is 2. The third kappa shape index (κ3) is 12.4. The molecule has 8 atom stereocenters. The summed E-state index contributed by atoms with van der Waals surface area (Å²) in [6.07, 6.45) is 27.4. The van der Waals surface area contributed by atoms with E-state index in [4.69, 9.17) is 25.7 Å². The number of allylic oxidation sites excluding steroid dienone is 1. The van der Waals surface area contributed by atoms with E-state index in [1.807, 2.05) is 4.58 Å². The van der Waals surface area contributed by atoms with Crippen molar-refractivity contribution in [1.82, 2.24) is 15.5 Å². The van der Waals surface area contributed by atoms with Gasteiger partial charge in [-0.1, -0.05) is 89.7 Å². The van der Waals surface area contributed by atoms with Gasteiger partial charge >= 0.3 is 11.9 Å². The third-order valence-corrected chi connectivity index (χ3v) is 13.4. The quantitative estimate of drug-likeness (QED) is 0.0299. The zero-order chi connectivity index (χ0) is 41.4. The van der Waals surface area contributed by atoms with Crippen molar-refractivity contribution in [2.75, 3.05) is 32.8 Å². The van der Waals surface area contributed by atoms with Crippen LogP contribution in [0.25, 0.3) is 0 Å². The largest absolute Gasteiger partial charge is 0.465 e. The van der Waals surface area contributed by atoms with Gasteiger partial charge in [0.1, 0.15) is 0 Å². The molecule has 5 aliphatic rings.